The number of anilines is 1. The SMILES string of the molecule is NCC1CC(n2cc(-c3ncccc3NC3CCN(C(=O)OCc4ccccc4)CC3)c(C3CC3)n2)C1. The van der Waals surface area contributed by atoms with Crippen LogP contribution in [0.25, 0.3) is 11.3 Å². The molecule has 3 fully saturated rings. The molecule has 1 saturated heterocycles. The van der Waals surface area contributed by atoms with Crippen LogP contribution in [0.4, 0.5) is 10.5 Å². The fourth-order valence-electron chi connectivity index (χ4n) is 5.52. The van der Waals surface area contributed by atoms with Gasteiger partial charge in [-0.3, -0.25) is 9.67 Å². The van der Waals surface area contributed by atoms with Crippen LogP contribution in [0.15, 0.2) is 54.9 Å². The summed E-state index contributed by atoms with van der Waals surface area (Å²) in [5.41, 5.74) is 11.2. The van der Waals surface area contributed by atoms with Crippen LogP contribution in [-0.4, -0.2) is 51.4 Å². The van der Waals surface area contributed by atoms with E-state index in [1.54, 1.807) is 0 Å². The van der Waals surface area contributed by atoms with Crippen molar-refractivity contribution in [3.8, 4) is 11.3 Å². The van der Waals surface area contributed by atoms with Crippen LogP contribution in [0, 0.1) is 5.92 Å². The molecule has 0 radical (unpaired) electrons. The van der Waals surface area contributed by atoms with Gasteiger partial charge in [-0.25, -0.2) is 4.79 Å². The van der Waals surface area contributed by atoms with Gasteiger partial charge in [-0.1, -0.05) is 30.3 Å². The maximum Gasteiger partial charge on any atom is 0.410 e. The molecule has 0 unspecified atom stereocenters. The van der Waals surface area contributed by atoms with Crippen LogP contribution in [0.2, 0.25) is 0 Å². The third-order valence-electron chi connectivity index (χ3n) is 8.02. The summed E-state index contributed by atoms with van der Waals surface area (Å²) in [5, 5.41) is 8.79. The van der Waals surface area contributed by atoms with Gasteiger partial charge in [0.15, 0.2) is 0 Å². The molecule has 194 valence electrons. The number of ether oxygens (including phenoxy) is 1. The molecule has 3 heterocycles. The van der Waals surface area contributed by atoms with Crippen molar-refractivity contribution in [2.24, 2.45) is 11.7 Å². The van der Waals surface area contributed by atoms with Crippen molar-refractivity contribution in [1.29, 1.82) is 0 Å². The standard InChI is InChI=1S/C29H36N6O2/c30-17-21-15-24(16-21)35-18-25(27(33-35)22-8-9-22)28-26(7-4-12-31-28)32-23-10-13-34(14-11-23)29(36)37-19-20-5-2-1-3-6-20/h1-7,12,18,21-24,32H,8-11,13-17,19,30H2. The number of likely N-dealkylation sites (tertiary alicyclic amines) is 1. The van der Waals surface area contributed by atoms with Gasteiger partial charge in [-0.15, -0.1) is 0 Å². The third-order valence-corrected chi connectivity index (χ3v) is 8.02. The number of hydrogen-bond acceptors (Lipinski definition) is 6. The second kappa shape index (κ2) is 10.5. The van der Waals surface area contributed by atoms with E-state index in [2.05, 4.69) is 22.3 Å². The number of amides is 1. The van der Waals surface area contributed by atoms with E-state index in [-0.39, 0.29) is 12.1 Å². The van der Waals surface area contributed by atoms with E-state index in [1.165, 1.54) is 18.5 Å². The van der Waals surface area contributed by atoms with E-state index in [0.29, 0.717) is 37.6 Å². The Kier molecular flexibility index (Phi) is 6.83. The van der Waals surface area contributed by atoms with Gasteiger partial charge in [0.05, 0.1) is 23.1 Å². The van der Waals surface area contributed by atoms with Gasteiger partial charge in [-0.05, 0) is 68.7 Å². The molecule has 1 aromatic carbocycles. The summed E-state index contributed by atoms with van der Waals surface area (Å²) in [4.78, 5) is 19.2. The van der Waals surface area contributed by atoms with Crippen molar-refractivity contribution in [3.63, 3.8) is 0 Å². The molecule has 0 bridgehead atoms. The number of aromatic nitrogens is 3. The highest BCUT2D eigenvalue weighted by Gasteiger charge is 2.35. The molecule has 6 rings (SSSR count). The number of pyridine rings is 1. The van der Waals surface area contributed by atoms with Crippen molar-refractivity contribution in [1.82, 2.24) is 19.7 Å². The number of benzene rings is 1. The van der Waals surface area contributed by atoms with Crippen LogP contribution in [0.5, 0.6) is 0 Å². The number of carbonyl (C=O) groups is 1. The lowest BCUT2D eigenvalue weighted by Gasteiger charge is -2.34. The Morgan fingerprint density at radius 2 is 1.84 bits per heavy atom. The summed E-state index contributed by atoms with van der Waals surface area (Å²) in [6.45, 7) is 2.42. The van der Waals surface area contributed by atoms with Crippen LogP contribution in [0.3, 0.4) is 0 Å². The summed E-state index contributed by atoms with van der Waals surface area (Å²) in [5.74, 6) is 1.16. The molecule has 3 N–H and O–H groups in total. The molecule has 1 aliphatic heterocycles. The first-order chi connectivity index (χ1) is 18.2. The van der Waals surface area contributed by atoms with Crippen LogP contribution >= 0.6 is 0 Å². The number of nitrogens with one attached hydrogen (secondary N) is 1. The molecular formula is C29H36N6O2. The van der Waals surface area contributed by atoms with Crippen LogP contribution in [0.1, 0.15) is 61.7 Å². The fraction of sp³-hybridized carbons (Fsp3) is 0.483. The Bertz CT molecular complexity index is 1210. The first-order valence-corrected chi connectivity index (χ1v) is 13.6. The van der Waals surface area contributed by atoms with Gasteiger partial charge in [0.25, 0.3) is 0 Å². The van der Waals surface area contributed by atoms with E-state index in [9.17, 15) is 4.79 Å². The number of nitrogens with two attached hydrogens (primary N) is 1. The van der Waals surface area contributed by atoms with Crippen molar-refractivity contribution >= 4 is 11.8 Å². The van der Waals surface area contributed by atoms with Crippen LogP contribution in [-0.2, 0) is 11.3 Å². The molecular weight excluding hydrogens is 464 g/mol. The highest BCUT2D eigenvalue weighted by Crippen LogP contribution is 2.46. The fourth-order valence-corrected chi connectivity index (χ4v) is 5.52. The maximum absolute atomic E-state index is 12.6. The molecule has 0 atom stereocenters. The predicted octanol–water partition coefficient (Wildman–Crippen LogP) is 4.95. The average Bonchev–Trinajstić information content (AvgIpc) is 3.67. The molecule has 3 aromatic rings. The summed E-state index contributed by atoms with van der Waals surface area (Å²) in [6.07, 6.45) is 10.2. The highest BCUT2D eigenvalue weighted by atomic mass is 16.6. The first kappa shape index (κ1) is 24.0. The molecule has 8 nitrogen and oxygen atoms in total. The van der Waals surface area contributed by atoms with Crippen molar-refractivity contribution in [3.05, 3.63) is 66.1 Å². The Morgan fingerprint density at radius 1 is 1.05 bits per heavy atom. The van der Waals surface area contributed by atoms with Gasteiger partial charge in [0.2, 0.25) is 0 Å². The lowest BCUT2D eigenvalue weighted by atomic mass is 9.80. The molecule has 8 heteroatoms. The monoisotopic (exact) mass is 500 g/mol. The molecule has 37 heavy (non-hydrogen) atoms. The Labute approximate surface area is 218 Å². The predicted molar refractivity (Wildman–Crippen MR) is 143 cm³/mol. The topological polar surface area (TPSA) is 98.3 Å². The van der Waals surface area contributed by atoms with E-state index in [1.807, 2.05) is 47.5 Å². The largest absolute Gasteiger partial charge is 0.445 e. The Morgan fingerprint density at radius 3 is 2.57 bits per heavy atom. The summed E-state index contributed by atoms with van der Waals surface area (Å²) in [7, 11) is 0. The maximum atomic E-state index is 12.6. The minimum absolute atomic E-state index is 0.237. The van der Waals surface area contributed by atoms with Gasteiger partial charge < -0.3 is 20.7 Å². The average molecular weight is 501 g/mol. The zero-order valence-corrected chi connectivity index (χ0v) is 21.3. The second-order valence-corrected chi connectivity index (χ2v) is 10.8. The van der Waals surface area contributed by atoms with Crippen LogP contribution < -0.4 is 11.1 Å². The number of rotatable bonds is 8. The summed E-state index contributed by atoms with van der Waals surface area (Å²) in [6, 6.07) is 14.6. The highest BCUT2D eigenvalue weighted by molar-refractivity contribution is 5.76. The van der Waals surface area contributed by atoms with Gasteiger partial charge in [0.1, 0.15) is 6.61 Å². The van der Waals surface area contributed by atoms with E-state index >= 15 is 0 Å². The number of nitrogens with zero attached hydrogens (tertiary/aromatic N) is 4. The molecule has 2 aromatic heterocycles. The first-order valence-electron chi connectivity index (χ1n) is 13.6. The minimum atomic E-state index is -0.237. The molecule has 3 aliphatic rings. The quantitative estimate of drug-likeness (QED) is 0.454. The normalized spacial score (nSPS) is 21.9. The van der Waals surface area contributed by atoms with Crippen molar-refractivity contribution in [2.45, 2.75) is 63.1 Å². The zero-order valence-electron chi connectivity index (χ0n) is 21.3. The molecule has 1 amide bonds. The lowest BCUT2D eigenvalue weighted by molar-refractivity contribution is 0.0882. The van der Waals surface area contributed by atoms with Gasteiger partial charge in [-0.2, -0.15) is 5.10 Å². The van der Waals surface area contributed by atoms with Gasteiger partial charge in [0, 0.05) is 43.0 Å². The smallest absolute Gasteiger partial charge is 0.410 e. The number of piperidine rings is 1. The van der Waals surface area contributed by atoms with E-state index < -0.39 is 0 Å². The zero-order chi connectivity index (χ0) is 25.2. The molecule has 2 aliphatic carbocycles. The summed E-state index contributed by atoms with van der Waals surface area (Å²) >= 11 is 0. The van der Waals surface area contributed by atoms with Crippen molar-refractivity contribution in [2.75, 3.05) is 25.0 Å². The summed E-state index contributed by atoms with van der Waals surface area (Å²) < 4.78 is 7.70. The minimum Gasteiger partial charge on any atom is -0.445 e. The second-order valence-electron chi connectivity index (χ2n) is 10.8. The lowest BCUT2D eigenvalue weighted by Crippen LogP contribution is -2.42. The van der Waals surface area contributed by atoms with Crippen molar-refractivity contribution < 1.29 is 9.53 Å². The molecule has 2 saturated carbocycles. The third kappa shape index (κ3) is 5.34. The van der Waals surface area contributed by atoms with E-state index in [0.717, 1.165) is 54.7 Å². The number of hydrogen-bond donors (Lipinski definition) is 2. The number of carbonyl (C=O) groups excluding carboxylic acids is 1. The van der Waals surface area contributed by atoms with E-state index in [4.69, 9.17) is 20.6 Å². The Balaban J connectivity index is 1.10. The van der Waals surface area contributed by atoms with Gasteiger partial charge >= 0.3 is 6.09 Å². The molecule has 0 spiro atoms. The Hall–Kier alpha value is -3.39.